The second kappa shape index (κ2) is 7.34. The fraction of sp³-hybridized carbons (Fsp3) is 0.579. The molecule has 2 amide bonds. The lowest BCUT2D eigenvalue weighted by Crippen LogP contribution is -2.55. The molecule has 130 valence electrons. The average Bonchev–Trinajstić information content (AvgIpc) is 2.62. The van der Waals surface area contributed by atoms with Gasteiger partial charge >= 0.3 is 0 Å². The zero-order chi connectivity index (χ0) is 17.1. The number of nitrogens with zero attached hydrogens (tertiary/aromatic N) is 2. The highest BCUT2D eigenvalue weighted by Gasteiger charge is 2.33. The van der Waals surface area contributed by atoms with Gasteiger partial charge in [-0.25, -0.2) is 0 Å². The van der Waals surface area contributed by atoms with Crippen molar-refractivity contribution in [2.75, 3.05) is 32.7 Å². The Morgan fingerprint density at radius 2 is 1.92 bits per heavy atom. The van der Waals surface area contributed by atoms with Crippen molar-refractivity contribution in [3.05, 3.63) is 35.4 Å². The molecule has 24 heavy (non-hydrogen) atoms. The van der Waals surface area contributed by atoms with Gasteiger partial charge in [-0.05, 0) is 38.8 Å². The largest absolute Gasteiger partial charge is 0.338 e. The van der Waals surface area contributed by atoms with Gasteiger partial charge in [0.1, 0.15) is 0 Å². The summed E-state index contributed by atoms with van der Waals surface area (Å²) in [7, 11) is 0. The van der Waals surface area contributed by atoms with E-state index in [2.05, 4.69) is 12.2 Å². The van der Waals surface area contributed by atoms with Crippen LogP contribution in [-0.4, -0.2) is 60.4 Å². The molecule has 1 aromatic rings. The third-order valence-corrected chi connectivity index (χ3v) is 5.14. The highest BCUT2D eigenvalue weighted by atomic mass is 16.2. The highest BCUT2D eigenvalue weighted by Crippen LogP contribution is 2.22. The predicted molar refractivity (Wildman–Crippen MR) is 93.9 cm³/mol. The van der Waals surface area contributed by atoms with E-state index in [1.54, 1.807) is 0 Å². The fourth-order valence-electron chi connectivity index (χ4n) is 3.64. The minimum Gasteiger partial charge on any atom is -0.338 e. The monoisotopic (exact) mass is 329 g/mol. The Bertz CT molecular complexity index is 599. The molecule has 2 atom stereocenters. The maximum atomic E-state index is 12.9. The van der Waals surface area contributed by atoms with Crippen LogP contribution in [0, 0.1) is 12.8 Å². The van der Waals surface area contributed by atoms with Crippen LogP contribution in [0.15, 0.2) is 24.3 Å². The Morgan fingerprint density at radius 1 is 1.17 bits per heavy atom. The zero-order valence-corrected chi connectivity index (χ0v) is 14.6. The van der Waals surface area contributed by atoms with Crippen LogP contribution in [0.5, 0.6) is 0 Å². The van der Waals surface area contributed by atoms with E-state index in [1.807, 2.05) is 41.0 Å². The second-order valence-corrected chi connectivity index (χ2v) is 7.04. The predicted octanol–water partition coefficient (Wildman–Crippen LogP) is 1.67. The van der Waals surface area contributed by atoms with Crippen LogP contribution in [0.1, 0.15) is 35.7 Å². The summed E-state index contributed by atoms with van der Waals surface area (Å²) in [4.78, 5) is 29.4. The molecular formula is C19H27N3O2. The molecule has 2 aliphatic heterocycles. The van der Waals surface area contributed by atoms with Gasteiger partial charge < -0.3 is 15.1 Å². The lowest BCUT2D eigenvalue weighted by molar-refractivity contribution is -0.139. The third kappa shape index (κ3) is 3.61. The number of nitrogens with one attached hydrogen (secondary N) is 1. The third-order valence-electron chi connectivity index (χ3n) is 5.14. The smallest absolute Gasteiger partial charge is 0.253 e. The Labute approximate surface area is 144 Å². The molecule has 0 bridgehead atoms. The van der Waals surface area contributed by atoms with Gasteiger partial charge in [0.25, 0.3) is 5.91 Å². The molecule has 0 radical (unpaired) electrons. The van der Waals surface area contributed by atoms with Gasteiger partial charge in [-0.2, -0.15) is 0 Å². The molecule has 3 rings (SSSR count). The number of amides is 2. The number of hydrogen-bond donors (Lipinski definition) is 1. The molecule has 1 N–H and O–H groups in total. The van der Waals surface area contributed by atoms with Crippen molar-refractivity contribution in [1.29, 1.82) is 0 Å². The van der Waals surface area contributed by atoms with Crippen molar-refractivity contribution >= 4 is 11.8 Å². The molecule has 2 heterocycles. The molecule has 2 fully saturated rings. The summed E-state index contributed by atoms with van der Waals surface area (Å²) in [5.74, 6) is 0.194. The number of piperidine rings is 1. The first-order valence-electron chi connectivity index (χ1n) is 8.93. The van der Waals surface area contributed by atoms with E-state index >= 15 is 0 Å². The van der Waals surface area contributed by atoms with Crippen LogP contribution >= 0.6 is 0 Å². The van der Waals surface area contributed by atoms with Crippen LogP contribution in [0.2, 0.25) is 0 Å². The first-order chi connectivity index (χ1) is 11.6. The number of rotatable bonds is 2. The van der Waals surface area contributed by atoms with Crippen LogP contribution in [-0.2, 0) is 4.79 Å². The first-order valence-corrected chi connectivity index (χ1v) is 8.93. The minimum absolute atomic E-state index is 0.0425. The highest BCUT2D eigenvalue weighted by molar-refractivity contribution is 5.94. The number of hydrogen-bond acceptors (Lipinski definition) is 3. The van der Waals surface area contributed by atoms with Gasteiger partial charge in [-0.1, -0.05) is 17.7 Å². The maximum absolute atomic E-state index is 12.9. The zero-order valence-electron chi connectivity index (χ0n) is 14.6. The fourth-order valence-corrected chi connectivity index (χ4v) is 3.64. The normalized spacial score (nSPS) is 24.8. The van der Waals surface area contributed by atoms with Crippen LogP contribution in [0.3, 0.4) is 0 Å². The summed E-state index contributed by atoms with van der Waals surface area (Å²) in [6.45, 7) is 7.86. The van der Waals surface area contributed by atoms with Gasteiger partial charge in [0.2, 0.25) is 5.91 Å². The summed E-state index contributed by atoms with van der Waals surface area (Å²) < 4.78 is 0. The van der Waals surface area contributed by atoms with Crippen molar-refractivity contribution in [2.24, 2.45) is 5.92 Å². The summed E-state index contributed by atoms with van der Waals surface area (Å²) in [6.07, 6.45) is 1.78. The maximum Gasteiger partial charge on any atom is 0.253 e. The lowest BCUT2D eigenvalue weighted by atomic mass is 9.95. The summed E-state index contributed by atoms with van der Waals surface area (Å²) in [5, 5.41) is 3.32. The molecule has 2 saturated heterocycles. The van der Waals surface area contributed by atoms with E-state index in [-0.39, 0.29) is 23.8 Å². The number of carbonyl (C=O) groups is 2. The molecular weight excluding hydrogens is 302 g/mol. The molecule has 0 aliphatic carbocycles. The van der Waals surface area contributed by atoms with Gasteiger partial charge in [0, 0.05) is 44.3 Å². The molecule has 1 unspecified atom stereocenters. The Balaban J connectivity index is 1.66. The van der Waals surface area contributed by atoms with E-state index in [0.717, 1.165) is 44.6 Å². The minimum atomic E-state index is -0.0614. The van der Waals surface area contributed by atoms with Crippen molar-refractivity contribution in [1.82, 2.24) is 15.1 Å². The topological polar surface area (TPSA) is 52.7 Å². The van der Waals surface area contributed by atoms with Gasteiger partial charge in [-0.3, -0.25) is 9.59 Å². The lowest BCUT2D eigenvalue weighted by Gasteiger charge is -2.39. The second-order valence-electron chi connectivity index (χ2n) is 7.04. The van der Waals surface area contributed by atoms with Crippen molar-refractivity contribution in [2.45, 2.75) is 32.7 Å². The van der Waals surface area contributed by atoms with Crippen LogP contribution < -0.4 is 5.32 Å². The van der Waals surface area contributed by atoms with Crippen LogP contribution in [0.4, 0.5) is 0 Å². The quantitative estimate of drug-likeness (QED) is 0.898. The molecule has 0 saturated carbocycles. The van der Waals surface area contributed by atoms with Gasteiger partial charge in [-0.15, -0.1) is 0 Å². The van der Waals surface area contributed by atoms with Crippen molar-refractivity contribution in [3.8, 4) is 0 Å². The van der Waals surface area contributed by atoms with E-state index in [0.29, 0.717) is 12.1 Å². The van der Waals surface area contributed by atoms with E-state index in [1.165, 1.54) is 0 Å². The van der Waals surface area contributed by atoms with Crippen molar-refractivity contribution < 1.29 is 9.59 Å². The van der Waals surface area contributed by atoms with E-state index < -0.39 is 0 Å². The number of carbonyl (C=O) groups excluding carboxylic acids is 2. The van der Waals surface area contributed by atoms with Gasteiger partial charge in [0.05, 0.1) is 5.92 Å². The molecule has 0 spiro atoms. The summed E-state index contributed by atoms with van der Waals surface area (Å²) >= 11 is 0. The molecule has 0 aromatic heterocycles. The average molecular weight is 329 g/mol. The number of piperazine rings is 1. The first kappa shape index (κ1) is 17.0. The van der Waals surface area contributed by atoms with E-state index in [9.17, 15) is 9.59 Å². The van der Waals surface area contributed by atoms with E-state index in [4.69, 9.17) is 0 Å². The standard InChI is InChI=1S/C19H27N3O2/c1-14-5-7-16(8-6-14)18(23)21-10-3-4-17(13-21)19(24)22-11-9-20-12-15(22)2/h5-8,15,17,20H,3-4,9-13H2,1-2H3/t15-,17?/m0/s1. The number of benzene rings is 1. The molecule has 5 heteroatoms. The Kier molecular flexibility index (Phi) is 5.19. The Morgan fingerprint density at radius 3 is 2.62 bits per heavy atom. The number of aryl methyl sites for hydroxylation is 1. The van der Waals surface area contributed by atoms with Crippen molar-refractivity contribution in [3.63, 3.8) is 0 Å². The van der Waals surface area contributed by atoms with Crippen LogP contribution in [0.25, 0.3) is 0 Å². The summed E-state index contributed by atoms with van der Waals surface area (Å²) in [6, 6.07) is 7.90. The number of likely N-dealkylation sites (tertiary alicyclic amines) is 1. The van der Waals surface area contributed by atoms with Gasteiger partial charge in [0.15, 0.2) is 0 Å². The summed E-state index contributed by atoms with van der Waals surface area (Å²) in [5.41, 5.74) is 1.86. The molecule has 2 aliphatic rings. The SMILES string of the molecule is Cc1ccc(C(=O)N2CCCC(C(=O)N3CCNC[C@@H]3C)C2)cc1. The molecule has 5 nitrogen and oxygen atoms in total. The Hall–Kier alpha value is -1.88. The molecule has 1 aromatic carbocycles.